The van der Waals surface area contributed by atoms with Gasteiger partial charge in [0.25, 0.3) is 0 Å². The van der Waals surface area contributed by atoms with E-state index in [2.05, 4.69) is 11.1 Å². The minimum atomic E-state index is -1.04. The molecule has 0 amide bonds. The molecule has 2 heterocycles. The number of pyridine rings is 1. The average Bonchev–Trinajstić information content (AvgIpc) is 3.21. The van der Waals surface area contributed by atoms with E-state index in [-0.39, 0.29) is 18.0 Å². The van der Waals surface area contributed by atoms with Crippen molar-refractivity contribution in [2.45, 2.75) is 13.2 Å². The third kappa shape index (κ3) is 4.42. The van der Waals surface area contributed by atoms with Crippen LogP contribution in [0.1, 0.15) is 27.0 Å². The molecule has 0 aliphatic heterocycles. The molecule has 0 aliphatic rings. The fourth-order valence-corrected chi connectivity index (χ4v) is 4.17. The maximum atomic E-state index is 11.4. The molecule has 4 rings (SSSR count). The first-order chi connectivity index (χ1) is 15.0. The van der Waals surface area contributed by atoms with E-state index in [4.69, 9.17) is 20.5 Å². The van der Waals surface area contributed by atoms with Crippen molar-refractivity contribution in [3.8, 4) is 17.6 Å². The summed E-state index contributed by atoms with van der Waals surface area (Å²) in [5.41, 5.74) is 8.36. The summed E-state index contributed by atoms with van der Waals surface area (Å²) in [4.78, 5) is 15.4. The van der Waals surface area contributed by atoms with E-state index in [0.29, 0.717) is 33.8 Å². The summed E-state index contributed by atoms with van der Waals surface area (Å²) >= 11 is 1.30. The minimum absolute atomic E-state index is 0.122. The van der Waals surface area contributed by atoms with Crippen molar-refractivity contribution in [3.05, 3.63) is 82.4 Å². The molecule has 2 aromatic carbocycles. The highest BCUT2D eigenvalue weighted by Gasteiger charge is 2.17. The van der Waals surface area contributed by atoms with E-state index in [9.17, 15) is 9.90 Å². The highest BCUT2D eigenvalue weighted by atomic mass is 32.1. The summed E-state index contributed by atoms with van der Waals surface area (Å²) < 4.78 is 12.3. The SMILES string of the molecule is N#Cc1cccc(COc2cccc(OCc3csc4c(C(=O)O)cnc(N)c34)c2)c1. The van der Waals surface area contributed by atoms with Crippen LogP contribution >= 0.6 is 11.3 Å². The van der Waals surface area contributed by atoms with E-state index in [1.54, 1.807) is 18.2 Å². The van der Waals surface area contributed by atoms with Gasteiger partial charge in [-0.2, -0.15) is 5.26 Å². The van der Waals surface area contributed by atoms with Crippen LogP contribution in [-0.2, 0) is 13.2 Å². The van der Waals surface area contributed by atoms with Gasteiger partial charge in [0, 0.05) is 23.2 Å². The van der Waals surface area contributed by atoms with Gasteiger partial charge >= 0.3 is 5.97 Å². The first kappa shape index (κ1) is 20.2. The molecule has 7 nitrogen and oxygen atoms in total. The Morgan fingerprint density at radius 2 is 1.87 bits per heavy atom. The number of hydrogen-bond acceptors (Lipinski definition) is 7. The molecule has 2 aromatic heterocycles. The van der Waals surface area contributed by atoms with Crippen molar-refractivity contribution in [1.82, 2.24) is 4.98 Å². The molecule has 0 spiro atoms. The Bertz CT molecular complexity index is 1310. The van der Waals surface area contributed by atoms with Crippen molar-refractivity contribution in [2.24, 2.45) is 0 Å². The number of thiophene rings is 1. The van der Waals surface area contributed by atoms with Crippen LogP contribution in [0.2, 0.25) is 0 Å². The molecule has 0 bridgehead atoms. The summed E-state index contributed by atoms with van der Waals surface area (Å²) in [6.45, 7) is 0.539. The molecule has 0 unspecified atom stereocenters. The van der Waals surface area contributed by atoms with Crippen molar-refractivity contribution in [3.63, 3.8) is 0 Å². The zero-order valence-corrected chi connectivity index (χ0v) is 17.1. The zero-order valence-electron chi connectivity index (χ0n) is 16.2. The number of nitrogens with zero attached hydrogens (tertiary/aromatic N) is 2. The topological polar surface area (TPSA) is 118 Å². The summed E-state index contributed by atoms with van der Waals surface area (Å²) in [7, 11) is 0. The molecule has 4 aromatic rings. The lowest BCUT2D eigenvalue weighted by molar-refractivity contribution is 0.0699. The van der Waals surface area contributed by atoms with Gasteiger partial charge in [-0.3, -0.25) is 0 Å². The van der Waals surface area contributed by atoms with Gasteiger partial charge in [0.05, 0.1) is 21.9 Å². The van der Waals surface area contributed by atoms with Crippen LogP contribution in [0.5, 0.6) is 11.5 Å². The molecule has 0 aliphatic carbocycles. The largest absolute Gasteiger partial charge is 0.489 e. The Morgan fingerprint density at radius 3 is 2.61 bits per heavy atom. The predicted molar refractivity (Wildman–Crippen MR) is 117 cm³/mol. The number of ether oxygens (including phenoxy) is 2. The van der Waals surface area contributed by atoms with Crippen LogP contribution in [0.15, 0.2) is 60.1 Å². The Hall–Kier alpha value is -4.09. The number of fused-ring (bicyclic) bond motifs is 1. The Kier molecular flexibility index (Phi) is 5.69. The third-order valence-corrected chi connectivity index (χ3v) is 5.65. The van der Waals surface area contributed by atoms with Crippen LogP contribution < -0.4 is 15.2 Å². The number of anilines is 1. The minimum Gasteiger partial charge on any atom is -0.489 e. The van der Waals surface area contributed by atoms with Crippen LogP contribution in [0.25, 0.3) is 10.1 Å². The van der Waals surface area contributed by atoms with Gasteiger partial charge in [0.2, 0.25) is 0 Å². The normalized spacial score (nSPS) is 10.5. The molecular weight excluding hydrogens is 414 g/mol. The molecule has 0 saturated carbocycles. The van der Waals surface area contributed by atoms with Crippen LogP contribution in [0.4, 0.5) is 5.82 Å². The van der Waals surface area contributed by atoms with Crippen LogP contribution in [0, 0.1) is 11.3 Å². The van der Waals surface area contributed by atoms with Gasteiger partial charge in [-0.15, -0.1) is 11.3 Å². The fourth-order valence-electron chi connectivity index (χ4n) is 3.10. The number of nitrogens with two attached hydrogens (primary N) is 1. The number of hydrogen-bond donors (Lipinski definition) is 2. The van der Waals surface area contributed by atoms with Gasteiger partial charge in [0.15, 0.2) is 0 Å². The van der Waals surface area contributed by atoms with Crippen LogP contribution in [0.3, 0.4) is 0 Å². The Balaban J connectivity index is 1.47. The van der Waals surface area contributed by atoms with Crippen molar-refractivity contribution in [1.29, 1.82) is 5.26 Å². The molecule has 0 atom stereocenters. The summed E-state index contributed by atoms with van der Waals surface area (Å²) in [5.74, 6) is 0.460. The first-order valence-electron chi connectivity index (χ1n) is 9.27. The second-order valence-corrected chi connectivity index (χ2v) is 7.57. The highest BCUT2D eigenvalue weighted by Crippen LogP contribution is 2.33. The molecule has 154 valence electrons. The first-order valence-corrected chi connectivity index (χ1v) is 10.2. The monoisotopic (exact) mass is 431 g/mol. The number of carboxylic acid groups (broad SMARTS) is 1. The number of aromatic carboxylic acids is 1. The average molecular weight is 431 g/mol. The maximum Gasteiger partial charge on any atom is 0.338 e. The smallest absolute Gasteiger partial charge is 0.338 e. The molecule has 3 N–H and O–H groups in total. The number of rotatable bonds is 7. The molecular formula is C23H17N3O4S. The van der Waals surface area contributed by atoms with Crippen molar-refractivity contribution < 1.29 is 19.4 Å². The van der Waals surface area contributed by atoms with Gasteiger partial charge < -0.3 is 20.3 Å². The predicted octanol–water partition coefficient (Wildman–Crippen LogP) is 4.61. The summed E-state index contributed by atoms with van der Waals surface area (Å²) in [5, 5.41) is 20.8. The second-order valence-electron chi connectivity index (χ2n) is 6.69. The molecule has 0 radical (unpaired) electrons. The number of carbonyl (C=O) groups is 1. The highest BCUT2D eigenvalue weighted by molar-refractivity contribution is 7.17. The second kappa shape index (κ2) is 8.73. The van der Waals surface area contributed by atoms with E-state index in [0.717, 1.165) is 11.1 Å². The van der Waals surface area contributed by atoms with Crippen LogP contribution in [-0.4, -0.2) is 16.1 Å². The number of nitriles is 1. The fraction of sp³-hybridized carbons (Fsp3) is 0.0870. The lowest BCUT2D eigenvalue weighted by Gasteiger charge is -2.10. The van der Waals surface area contributed by atoms with Crippen molar-refractivity contribution >= 4 is 33.2 Å². The van der Waals surface area contributed by atoms with E-state index < -0.39 is 5.97 Å². The van der Waals surface area contributed by atoms with Crippen molar-refractivity contribution in [2.75, 3.05) is 5.73 Å². The lowest BCUT2D eigenvalue weighted by Crippen LogP contribution is -2.02. The molecule has 31 heavy (non-hydrogen) atoms. The zero-order chi connectivity index (χ0) is 21.8. The number of nitrogen functional groups attached to an aromatic ring is 1. The quantitative estimate of drug-likeness (QED) is 0.439. The summed E-state index contributed by atoms with van der Waals surface area (Å²) in [6.07, 6.45) is 1.27. The standard InChI is InChI=1S/C23H17N3O4S/c24-9-14-3-1-4-15(7-14)11-29-17-5-2-6-18(8-17)30-12-16-13-31-21-19(23(27)28)10-26-22(25)20(16)21/h1-8,10,13H,11-12H2,(H2,25,26)(H,27,28). The maximum absolute atomic E-state index is 11.4. The third-order valence-electron chi connectivity index (χ3n) is 4.59. The van der Waals surface area contributed by atoms with E-state index in [1.165, 1.54) is 17.5 Å². The Labute approximate surface area is 181 Å². The molecule has 0 saturated heterocycles. The number of carboxylic acids is 1. The van der Waals surface area contributed by atoms with Gasteiger partial charge in [0.1, 0.15) is 30.5 Å². The van der Waals surface area contributed by atoms with Gasteiger partial charge in [-0.25, -0.2) is 9.78 Å². The number of aromatic nitrogens is 1. The molecule has 0 fully saturated rings. The van der Waals surface area contributed by atoms with E-state index >= 15 is 0 Å². The number of benzene rings is 2. The van der Waals surface area contributed by atoms with E-state index in [1.807, 2.05) is 35.7 Å². The van der Waals surface area contributed by atoms with Gasteiger partial charge in [-0.1, -0.05) is 18.2 Å². The Morgan fingerprint density at radius 1 is 1.13 bits per heavy atom. The lowest BCUT2D eigenvalue weighted by atomic mass is 10.1. The summed E-state index contributed by atoms with van der Waals surface area (Å²) in [6, 6.07) is 16.6. The van der Waals surface area contributed by atoms with Gasteiger partial charge in [-0.05, 0) is 35.2 Å². The molecule has 8 heteroatoms.